The van der Waals surface area contributed by atoms with Crippen LogP contribution in [0.25, 0.3) is 5.69 Å². The monoisotopic (exact) mass is 327 g/mol. The molecule has 126 valence electrons. The number of benzene rings is 1. The Morgan fingerprint density at radius 2 is 1.96 bits per heavy atom. The van der Waals surface area contributed by atoms with Crippen molar-refractivity contribution in [2.24, 2.45) is 0 Å². The number of aryl methyl sites for hydroxylation is 1. The number of carboxylic acid groups (broad SMARTS) is 1. The lowest BCUT2D eigenvalue weighted by Gasteiger charge is -2.13. The van der Waals surface area contributed by atoms with Crippen molar-refractivity contribution in [1.82, 2.24) is 15.1 Å². The Hall–Kier alpha value is -2.89. The number of hydrogen-bond donors (Lipinski definition) is 2. The fourth-order valence-electron chi connectivity index (χ4n) is 2.52. The number of carbonyl (C=O) groups is 2. The molecule has 2 N–H and O–H groups in total. The van der Waals surface area contributed by atoms with Crippen LogP contribution in [0.15, 0.2) is 42.5 Å². The molecule has 0 aliphatic heterocycles. The minimum Gasteiger partial charge on any atom is -0.480 e. The van der Waals surface area contributed by atoms with Crippen LogP contribution in [-0.2, 0) is 4.79 Å². The summed E-state index contributed by atoms with van der Waals surface area (Å²) in [5, 5.41) is 16.2. The number of hydrogen-bond acceptors (Lipinski definition) is 3. The molecule has 6 heteroatoms. The average molecular weight is 327 g/mol. The lowest BCUT2D eigenvalue weighted by atomic mass is 10.1. The van der Waals surface area contributed by atoms with Gasteiger partial charge in [-0.3, -0.25) is 4.79 Å². The van der Waals surface area contributed by atoms with Crippen LogP contribution < -0.4 is 5.32 Å². The van der Waals surface area contributed by atoms with Crippen LogP contribution in [0.5, 0.6) is 0 Å². The Bertz CT molecular complexity index is 763. The number of aliphatic carboxylic acids is 1. The topological polar surface area (TPSA) is 84.2 Å². The summed E-state index contributed by atoms with van der Waals surface area (Å²) in [5.41, 5.74) is 2.49. The fourth-order valence-corrected chi connectivity index (χ4v) is 2.52. The number of allylic oxidation sites excluding steroid dienone is 1. The average Bonchev–Trinajstić information content (AvgIpc) is 2.86. The van der Waals surface area contributed by atoms with Gasteiger partial charge in [-0.05, 0) is 39.3 Å². The summed E-state index contributed by atoms with van der Waals surface area (Å²) in [6.45, 7) is 5.34. The Kier molecular flexibility index (Phi) is 5.52. The van der Waals surface area contributed by atoms with Gasteiger partial charge in [0.2, 0.25) is 0 Å². The van der Waals surface area contributed by atoms with E-state index in [1.165, 1.54) is 0 Å². The van der Waals surface area contributed by atoms with Gasteiger partial charge >= 0.3 is 5.97 Å². The maximum atomic E-state index is 12.6. The smallest absolute Gasteiger partial charge is 0.326 e. The first-order valence-electron chi connectivity index (χ1n) is 7.72. The van der Waals surface area contributed by atoms with E-state index in [4.69, 9.17) is 0 Å². The molecule has 6 nitrogen and oxygen atoms in total. The van der Waals surface area contributed by atoms with E-state index in [1.54, 1.807) is 37.6 Å². The Balaban J connectivity index is 2.30. The van der Waals surface area contributed by atoms with Crippen molar-refractivity contribution >= 4 is 11.9 Å². The van der Waals surface area contributed by atoms with Crippen LogP contribution in [-0.4, -0.2) is 32.8 Å². The first kappa shape index (κ1) is 17.5. The zero-order chi connectivity index (χ0) is 17.7. The van der Waals surface area contributed by atoms with Crippen molar-refractivity contribution in [3.63, 3.8) is 0 Å². The van der Waals surface area contributed by atoms with E-state index in [0.717, 1.165) is 5.69 Å². The van der Waals surface area contributed by atoms with E-state index in [-0.39, 0.29) is 6.42 Å². The molecule has 0 saturated heterocycles. The summed E-state index contributed by atoms with van der Waals surface area (Å²) in [6, 6.07) is 8.52. The molecule has 0 bridgehead atoms. The summed E-state index contributed by atoms with van der Waals surface area (Å²) in [7, 11) is 0. The first-order valence-corrected chi connectivity index (χ1v) is 7.72. The maximum Gasteiger partial charge on any atom is 0.326 e. The van der Waals surface area contributed by atoms with Gasteiger partial charge < -0.3 is 10.4 Å². The van der Waals surface area contributed by atoms with Gasteiger partial charge in [-0.1, -0.05) is 30.4 Å². The molecule has 24 heavy (non-hydrogen) atoms. The van der Waals surface area contributed by atoms with Crippen molar-refractivity contribution in [1.29, 1.82) is 0 Å². The highest BCUT2D eigenvalue weighted by Gasteiger charge is 2.24. The zero-order valence-corrected chi connectivity index (χ0v) is 14.0. The first-order chi connectivity index (χ1) is 11.5. The highest BCUT2D eigenvalue weighted by molar-refractivity contribution is 5.98. The Morgan fingerprint density at radius 3 is 2.54 bits per heavy atom. The van der Waals surface area contributed by atoms with Gasteiger partial charge in [-0.2, -0.15) is 5.10 Å². The molecule has 0 aliphatic carbocycles. The highest BCUT2D eigenvalue weighted by atomic mass is 16.4. The van der Waals surface area contributed by atoms with Crippen molar-refractivity contribution in [3.8, 4) is 5.69 Å². The lowest BCUT2D eigenvalue weighted by Crippen LogP contribution is -2.40. The van der Waals surface area contributed by atoms with Crippen LogP contribution in [0.4, 0.5) is 0 Å². The minimum absolute atomic E-state index is 0.239. The summed E-state index contributed by atoms with van der Waals surface area (Å²) in [5.74, 6) is -1.49. The fraction of sp³-hybridized carbons (Fsp3) is 0.278. The van der Waals surface area contributed by atoms with Crippen molar-refractivity contribution in [3.05, 3.63) is 59.4 Å². The molecule has 2 rings (SSSR count). The third-order valence-corrected chi connectivity index (χ3v) is 3.73. The molecule has 0 fully saturated rings. The van der Waals surface area contributed by atoms with E-state index in [2.05, 4.69) is 10.4 Å². The molecule has 1 aromatic heterocycles. The van der Waals surface area contributed by atoms with E-state index in [0.29, 0.717) is 17.0 Å². The molecular formula is C18H21N3O3. The third-order valence-electron chi connectivity index (χ3n) is 3.73. The van der Waals surface area contributed by atoms with Gasteiger partial charge in [0, 0.05) is 0 Å². The molecule has 1 unspecified atom stereocenters. The summed E-state index contributed by atoms with van der Waals surface area (Å²) < 4.78 is 1.69. The second kappa shape index (κ2) is 7.59. The number of carboxylic acids is 1. The highest BCUT2D eigenvalue weighted by Crippen LogP contribution is 2.18. The van der Waals surface area contributed by atoms with Gasteiger partial charge in [0.1, 0.15) is 6.04 Å². The molecule has 0 radical (unpaired) electrons. The molecule has 1 heterocycles. The second-order valence-electron chi connectivity index (χ2n) is 5.46. The second-order valence-corrected chi connectivity index (χ2v) is 5.46. The minimum atomic E-state index is -1.06. The van der Waals surface area contributed by atoms with E-state index >= 15 is 0 Å². The van der Waals surface area contributed by atoms with Gasteiger partial charge in [0.15, 0.2) is 0 Å². The summed E-state index contributed by atoms with van der Waals surface area (Å²) in [6.07, 6.45) is 3.71. The quantitative estimate of drug-likeness (QED) is 0.799. The van der Waals surface area contributed by atoms with Crippen molar-refractivity contribution in [2.45, 2.75) is 33.2 Å². The van der Waals surface area contributed by atoms with Crippen molar-refractivity contribution < 1.29 is 14.7 Å². The Morgan fingerprint density at radius 1 is 1.29 bits per heavy atom. The molecule has 1 aromatic carbocycles. The number of nitrogens with one attached hydrogen (secondary N) is 1. The molecule has 1 amide bonds. The number of amides is 1. The van der Waals surface area contributed by atoms with Crippen LogP contribution in [0.1, 0.15) is 35.1 Å². The summed E-state index contributed by atoms with van der Waals surface area (Å²) in [4.78, 5) is 23.9. The van der Waals surface area contributed by atoms with Gasteiger partial charge in [-0.15, -0.1) is 0 Å². The normalized spacial score (nSPS) is 12.3. The molecule has 0 spiro atoms. The van der Waals surface area contributed by atoms with E-state index < -0.39 is 17.9 Å². The number of rotatable bonds is 6. The number of aromatic nitrogens is 2. The van der Waals surface area contributed by atoms with E-state index in [1.807, 2.05) is 30.3 Å². The third kappa shape index (κ3) is 3.71. The van der Waals surface area contributed by atoms with Crippen LogP contribution >= 0.6 is 0 Å². The van der Waals surface area contributed by atoms with Gasteiger partial charge in [0.05, 0.1) is 22.6 Å². The van der Waals surface area contributed by atoms with E-state index in [9.17, 15) is 14.7 Å². The predicted molar refractivity (Wildman–Crippen MR) is 91.4 cm³/mol. The van der Waals surface area contributed by atoms with Crippen LogP contribution in [0.3, 0.4) is 0 Å². The molecular weight excluding hydrogens is 306 g/mol. The molecule has 1 atom stereocenters. The SMILES string of the molecule is C/C=C/CC(NC(=O)c1c(C)nn(-c2ccccc2)c1C)C(=O)O. The maximum absolute atomic E-state index is 12.6. The number of carbonyl (C=O) groups excluding carboxylic acids is 1. The van der Waals surface area contributed by atoms with Crippen molar-refractivity contribution in [2.75, 3.05) is 0 Å². The molecule has 0 saturated carbocycles. The zero-order valence-electron chi connectivity index (χ0n) is 14.0. The van der Waals surface area contributed by atoms with Crippen LogP contribution in [0.2, 0.25) is 0 Å². The van der Waals surface area contributed by atoms with Gasteiger partial charge in [-0.25, -0.2) is 9.48 Å². The Labute approximate surface area is 140 Å². The predicted octanol–water partition coefficient (Wildman–Crippen LogP) is 2.64. The standard InChI is InChI=1S/C18H21N3O3/c1-4-5-11-15(18(23)24)19-17(22)16-12(2)20-21(13(16)3)14-9-7-6-8-10-14/h4-10,15H,11H2,1-3H3,(H,19,22)(H,23,24)/b5-4+. The van der Waals surface area contributed by atoms with Gasteiger partial charge in [0.25, 0.3) is 5.91 Å². The molecule has 0 aliphatic rings. The molecule has 2 aromatic rings. The number of para-hydroxylation sites is 1. The lowest BCUT2D eigenvalue weighted by molar-refractivity contribution is -0.139. The summed E-state index contributed by atoms with van der Waals surface area (Å²) >= 11 is 0. The van der Waals surface area contributed by atoms with Crippen LogP contribution in [0, 0.1) is 13.8 Å². The number of nitrogens with zero attached hydrogens (tertiary/aromatic N) is 2. The largest absolute Gasteiger partial charge is 0.480 e.